The molecule has 0 bridgehead atoms. The van der Waals surface area contributed by atoms with Gasteiger partial charge in [0.1, 0.15) is 0 Å². The summed E-state index contributed by atoms with van der Waals surface area (Å²) in [5, 5.41) is 10.8. The van der Waals surface area contributed by atoms with Crippen LogP contribution in [0.5, 0.6) is 0 Å². The van der Waals surface area contributed by atoms with E-state index in [0.29, 0.717) is 0 Å². The van der Waals surface area contributed by atoms with Gasteiger partial charge in [-0.15, -0.1) is 11.3 Å². The molecule has 1 heterocycles. The maximum absolute atomic E-state index is 12.1. The number of aromatic carboxylic acids is 1. The van der Waals surface area contributed by atoms with Crippen LogP contribution in [0.4, 0.5) is 0 Å². The third-order valence-corrected chi connectivity index (χ3v) is 4.92. The topological polar surface area (TPSA) is 83.5 Å². The van der Waals surface area contributed by atoms with Crippen LogP contribution in [0, 0.1) is 0 Å². The van der Waals surface area contributed by atoms with Crippen molar-refractivity contribution in [2.75, 3.05) is 0 Å². The van der Waals surface area contributed by atoms with Gasteiger partial charge in [0.05, 0.1) is 10.5 Å². The Hall–Kier alpha value is -1.41. The Balaban J connectivity index is 2.27. The van der Waals surface area contributed by atoms with E-state index in [-0.39, 0.29) is 22.0 Å². The van der Waals surface area contributed by atoms with E-state index < -0.39 is 16.0 Å². The van der Waals surface area contributed by atoms with Crippen LogP contribution in [-0.2, 0) is 16.6 Å². The minimum Gasteiger partial charge on any atom is -0.478 e. The molecule has 106 valence electrons. The molecule has 0 amide bonds. The number of thiophene rings is 1. The molecule has 0 saturated carbocycles. The molecule has 20 heavy (non-hydrogen) atoms. The first-order valence-electron chi connectivity index (χ1n) is 5.44. The zero-order valence-electron chi connectivity index (χ0n) is 10.0. The number of nitrogens with one attached hydrogen (secondary N) is 1. The summed E-state index contributed by atoms with van der Waals surface area (Å²) in [5.74, 6) is -1.23. The highest BCUT2D eigenvalue weighted by Crippen LogP contribution is 2.19. The molecule has 2 N–H and O–H groups in total. The summed E-state index contributed by atoms with van der Waals surface area (Å²) in [6, 6.07) is 7.10. The zero-order valence-corrected chi connectivity index (χ0v) is 12.4. The Morgan fingerprint density at radius 2 is 2.10 bits per heavy atom. The Bertz CT molecular complexity index is 726. The van der Waals surface area contributed by atoms with Crippen LogP contribution in [0.3, 0.4) is 0 Å². The van der Waals surface area contributed by atoms with E-state index in [1.165, 1.54) is 23.5 Å². The van der Waals surface area contributed by atoms with Crippen LogP contribution >= 0.6 is 22.9 Å². The summed E-state index contributed by atoms with van der Waals surface area (Å²) in [5.41, 5.74) is -0.172. The number of rotatable bonds is 5. The lowest BCUT2D eigenvalue weighted by atomic mass is 10.2. The molecule has 2 rings (SSSR count). The summed E-state index contributed by atoms with van der Waals surface area (Å²) >= 11 is 7.17. The highest BCUT2D eigenvalue weighted by atomic mass is 35.5. The van der Waals surface area contributed by atoms with Gasteiger partial charge in [-0.25, -0.2) is 17.9 Å². The van der Waals surface area contributed by atoms with Crippen molar-refractivity contribution >= 4 is 38.9 Å². The van der Waals surface area contributed by atoms with E-state index in [0.717, 1.165) is 10.9 Å². The van der Waals surface area contributed by atoms with Gasteiger partial charge in [0.2, 0.25) is 10.0 Å². The summed E-state index contributed by atoms with van der Waals surface area (Å²) in [7, 11) is -3.81. The Kier molecular flexibility index (Phi) is 4.44. The minimum absolute atomic E-state index is 0.0569. The highest BCUT2D eigenvalue weighted by Gasteiger charge is 2.17. The molecular formula is C12H10ClNO4S2. The average molecular weight is 332 g/mol. The molecule has 2 aromatic rings. The van der Waals surface area contributed by atoms with Crippen LogP contribution in [0.25, 0.3) is 0 Å². The van der Waals surface area contributed by atoms with Crippen LogP contribution in [0.1, 0.15) is 15.2 Å². The number of carboxylic acid groups (broad SMARTS) is 1. The second kappa shape index (κ2) is 5.92. The molecule has 0 aliphatic carbocycles. The van der Waals surface area contributed by atoms with Crippen LogP contribution in [0.2, 0.25) is 5.02 Å². The Labute approximate surface area is 124 Å². The third-order valence-electron chi connectivity index (χ3n) is 2.45. The SMILES string of the molecule is O=C(O)c1cc(Cl)cc(S(=O)(=O)NCc2cccs2)c1. The summed E-state index contributed by atoms with van der Waals surface area (Å²) in [6.07, 6.45) is 0. The van der Waals surface area contributed by atoms with Gasteiger partial charge >= 0.3 is 5.97 Å². The van der Waals surface area contributed by atoms with Crippen molar-refractivity contribution < 1.29 is 18.3 Å². The highest BCUT2D eigenvalue weighted by molar-refractivity contribution is 7.89. The number of hydrogen-bond donors (Lipinski definition) is 2. The smallest absolute Gasteiger partial charge is 0.335 e. The number of halogens is 1. The van der Waals surface area contributed by atoms with Crippen LogP contribution in [0.15, 0.2) is 40.6 Å². The number of carbonyl (C=O) groups is 1. The molecule has 0 fully saturated rings. The quantitative estimate of drug-likeness (QED) is 0.882. The largest absolute Gasteiger partial charge is 0.478 e. The molecule has 1 aromatic heterocycles. The predicted molar refractivity (Wildman–Crippen MR) is 76.8 cm³/mol. The molecule has 0 aliphatic heterocycles. The van der Waals surface area contributed by atoms with Crippen molar-refractivity contribution in [3.8, 4) is 0 Å². The number of carboxylic acids is 1. The normalized spacial score (nSPS) is 11.4. The fourth-order valence-electron chi connectivity index (χ4n) is 1.50. The van der Waals surface area contributed by atoms with Gasteiger partial charge in [-0.3, -0.25) is 0 Å². The van der Waals surface area contributed by atoms with Gasteiger partial charge in [-0.2, -0.15) is 0 Å². The van der Waals surface area contributed by atoms with Crippen molar-refractivity contribution in [3.63, 3.8) is 0 Å². The van der Waals surface area contributed by atoms with Gasteiger partial charge in [0.15, 0.2) is 0 Å². The second-order valence-corrected chi connectivity index (χ2v) is 7.12. The molecule has 0 atom stereocenters. The number of benzene rings is 1. The van der Waals surface area contributed by atoms with Gasteiger partial charge < -0.3 is 5.11 Å². The fourth-order valence-corrected chi connectivity index (χ4v) is 3.62. The van der Waals surface area contributed by atoms with Gasteiger partial charge in [0, 0.05) is 16.4 Å². The molecule has 0 radical (unpaired) electrons. The van der Waals surface area contributed by atoms with E-state index in [2.05, 4.69) is 4.72 Å². The zero-order chi connectivity index (χ0) is 14.8. The van der Waals surface area contributed by atoms with Crippen molar-refractivity contribution in [3.05, 3.63) is 51.2 Å². The van der Waals surface area contributed by atoms with Crippen molar-refractivity contribution in [2.45, 2.75) is 11.4 Å². The first-order chi connectivity index (χ1) is 9.38. The van der Waals surface area contributed by atoms with Crippen molar-refractivity contribution in [1.82, 2.24) is 4.72 Å². The predicted octanol–water partition coefficient (Wildman–Crippen LogP) is 2.58. The lowest BCUT2D eigenvalue weighted by Crippen LogP contribution is -2.23. The summed E-state index contributed by atoms with van der Waals surface area (Å²) in [6.45, 7) is 0.148. The van der Waals surface area contributed by atoms with E-state index in [1.807, 2.05) is 11.4 Å². The summed E-state index contributed by atoms with van der Waals surface area (Å²) in [4.78, 5) is 11.6. The number of sulfonamides is 1. The monoisotopic (exact) mass is 331 g/mol. The van der Waals surface area contributed by atoms with Gasteiger partial charge in [0.25, 0.3) is 0 Å². The molecule has 8 heteroatoms. The Morgan fingerprint density at radius 3 is 2.70 bits per heavy atom. The molecule has 0 unspecified atom stereocenters. The van der Waals surface area contributed by atoms with Crippen molar-refractivity contribution in [2.24, 2.45) is 0 Å². The number of hydrogen-bond acceptors (Lipinski definition) is 4. The van der Waals surface area contributed by atoms with Gasteiger partial charge in [-0.1, -0.05) is 17.7 Å². The molecule has 0 spiro atoms. The molecule has 0 aliphatic rings. The molecule has 1 aromatic carbocycles. The first kappa shape index (κ1) is 15.0. The lowest BCUT2D eigenvalue weighted by molar-refractivity contribution is 0.0696. The minimum atomic E-state index is -3.81. The maximum Gasteiger partial charge on any atom is 0.335 e. The second-order valence-electron chi connectivity index (χ2n) is 3.88. The van der Waals surface area contributed by atoms with Crippen LogP contribution in [-0.4, -0.2) is 19.5 Å². The van der Waals surface area contributed by atoms with Gasteiger partial charge in [-0.05, 0) is 29.6 Å². The Morgan fingerprint density at radius 1 is 1.35 bits per heavy atom. The maximum atomic E-state index is 12.1. The molecule has 5 nitrogen and oxygen atoms in total. The average Bonchev–Trinajstić information content (AvgIpc) is 2.89. The molecular weight excluding hydrogens is 322 g/mol. The third kappa shape index (κ3) is 3.57. The van der Waals surface area contributed by atoms with Crippen molar-refractivity contribution in [1.29, 1.82) is 0 Å². The van der Waals surface area contributed by atoms with E-state index in [9.17, 15) is 13.2 Å². The van der Waals surface area contributed by atoms with E-state index in [1.54, 1.807) is 6.07 Å². The fraction of sp³-hybridized carbons (Fsp3) is 0.0833. The first-order valence-corrected chi connectivity index (χ1v) is 8.18. The van der Waals surface area contributed by atoms with Crippen LogP contribution < -0.4 is 4.72 Å². The van der Waals surface area contributed by atoms with E-state index >= 15 is 0 Å². The standard InChI is InChI=1S/C12H10ClNO4S2/c13-9-4-8(12(15)16)5-11(6-9)20(17,18)14-7-10-2-1-3-19-10/h1-6,14H,7H2,(H,15,16). The lowest BCUT2D eigenvalue weighted by Gasteiger charge is -2.07. The summed E-state index contributed by atoms with van der Waals surface area (Å²) < 4.78 is 26.6. The van der Waals surface area contributed by atoms with E-state index in [4.69, 9.17) is 16.7 Å². The molecule has 0 saturated heterocycles.